The number of likely N-dealkylation sites (tertiary alicyclic amines) is 1. The fourth-order valence-corrected chi connectivity index (χ4v) is 3.06. The molecule has 1 saturated heterocycles. The minimum Gasteiger partial charge on any atom is -0.486 e. The van der Waals surface area contributed by atoms with E-state index >= 15 is 0 Å². The van der Waals surface area contributed by atoms with E-state index in [1.165, 1.54) is 0 Å². The van der Waals surface area contributed by atoms with E-state index in [9.17, 15) is 9.59 Å². The molecular weight excluding hydrogens is 310 g/mol. The summed E-state index contributed by atoms with van der Waals surface area (Å²) in [6, 6.07) is 5.56. The molecule has 3 rings (SSSR count). The molecule has 0 spiro atoms. The van der Waals surface area contributed by atoms with E-state index in [-0.39, 0.29) is 17.9 Å². The van der Waals surface area contributed by atoms with Gasteiger partial charge in [0.1, 0.15) is 13.2 Å². The molecule has 3 amide bonds. The number of piperidine rings is 1. The van der Waals surface area contributed by atoms with Gasteiger partial charge in [0.05, 0.1) is 5.92 Å². The summed E-state index contributed by atoms with van der Waals surface area (Å²) in [6.45, 7) is 2.71. The quantitative estimate of drug-likeness (QED) is 0.869. The highest BCUT2D eigenvalue weighted by Gasteiger charge is 2.27. The summed E-state index contributed by atoms with van der Waals surface area (Å²) >= 11 is 0. The molecule has 0 aromatic heterocycles. The molecule has 0 bridgehead atoms. The number of nitrogens with zero attached hydrogens (tertiary/aromatic N) is 1. The number of carbonyl (C=O) groups excluding carboxylic acids is 2. The van der Waals surface area contributed by atoms with Crippen LogP contribution in [0.5, 0.6) is 11.5 Å². The molecule has 2 heterocycles. The van der Waals surface area contributed by atoms with Gasteiger partial charge >= 0.3 is 6.03 Å². The van der Waals surface area contributed by atoms with Gasteiger partial charge < -0.3 is 25.0 Å². The van der Waals surface area contributed by atoms with Crippen molar-refractivity contribution >= 4 is 11.9 Å². The van der Waals surface area contributed by atoms with E-state index in [4.69, 9.17) is 9.47 Å². The van der Waals surface area contributed by atoms with E-state index in [2.05, 4.69) is 10.6 Å². The number of urea groups is 1. The zero-order valence-corrected chi connectivity index (χ0v) is 13.8. The van der Waals surface area contributed by atoms with Crippen molar-refractivity contribution in [3.05, 3.63) is 23.8 Å². The highest BCUT2D eigenvalue weighted by molar-refractivity contribution is 5.80. The molecule has 0 aliphatic carbocycles. The third-order valence-electron chi connectivity index (χ3n) is 4.37. The van der Waals surface area contributed by atoms with E-state index in [1.54, 1.807) is 11.9 Å². The van der Waals surface area contributed by atoms with Crippen LogP contribution in [0, 0.1) is 5.92 Å². The lowest BCUT2D eigenvalue weighted by molar-refractivity contribution is -0.126. The Labute approximate surface area is 141 Å². The Morgan fingerprint density at radius 3 is 2.83 bits per heavy atom. The van der Waals surface area contributed by atoms with Crippen molar-refractivity contribution in [2.45, 2.75) is 19.4 Å². The van der Waals surface area contributed by atoms with Gasteiger partial charge in [0.25, 0.3) is 0 Å². The Bertz CT molecular complexity index is 620. The Morgan fingerprint density at radius 2 is 2.04 bits per heavy atom. The van der Waals surface area contributed by atoms with Gasteiger partial charge in [-0.3, -0.25) is 4.79 Å². The molecule has 1 aromatic rings. The maximum Gasteiger partial charge on any atom is 0.317 e. The number of nitrogens with one attached hydrogen (secondary N) is 2. The number of amides is 3. The van der Waals surface area contributed by atoms with Gasteiger partial charge in [-0.1, -0.05) is 6.07 Å². The van der Waals surface area contributed by atoms with E-state index < -0.39 is 0 Å². The summed E-state index contributed by atoms with van der Waals surface area (Å²) in [7, 11) is 1.61. The molecule has 1 unspecified atom stereocenters. The van der Waals surface area contributed by atoms with Crippen LogP contribution in [0.15, 0.2) is 18.2 Å². The first-order valence-electron chi connectivity index (χ1n) is 8.30. The van der Waals surface area contributed by atoms with Crippen LogP contribution in [-0.4, -0.2) is 50.2 Å². The van der Waals surface area contributed by atoms with Gasteiger partial charge in [-0.25, -0.2) is 4.79 Å². The van der Waals surface area contributed by atoms with E-state index in [0.717, 1.165) is 29.9 Å². The topological polar surface area (TPSA) is 79.9 Å². The smallest absolute Gasteiger partial charge is 0.317 e. The number of carbonyl (C=O) groups is 2. The van der Waals surface area contributed by atoms with Crippen LogP contribution in [0.3, 0.4) is 0 Å². The first kappa shape index (κ1) is 16.4. The van der Waals surface area contributed by atoms with Crippen molar-refractivity contribution in [2.75, 3.05) is 33.4 Å². The number of benzene rings is 1. The molecule has 7 heteroatoms. The third-order valence-corrected chi connectivity index (χ3v) is 4.37. The minimum atomic E-state index is -0.159. The molecule has 2 N–H and O–H groups in total. The highest BCUT2D eigenvalue weighted by Crippen LogP contribution is 2.30. The summed E-state index contributed by atoms with van der Waals surface area (Å²) in [5, 5.41) is 5.57. The number of hydrogen-bond acceptors (Lipinski definition) is 4. The Kier molecular flexibility index (Phi) is 5.08. The van der Waals surface area contributed by atoms with Crippen molar-refractivity contribution < 1.29 is 19.1 Å². The zero-order valence-electron chi connectivity index (χ0n) is 13.8. The predicted octanol–water partition coefficient (Wildman–Crippen LogP) is 1.13. The third kappa shape index (κ3) is 3.72. The van der Waals surface area contributed by atoms with Gasteiger partial charge in [-0.05, 0) is 30.5 Å². The molecular formula is C17H23N3O4. The first-order chi connectivity index (χ1) is 11.7. The molecule has 2 aliphatic rings. The second-order valence-corrected chi connectivity index (χ2v) is 6.04. The average molecular weight is 333 g/mol. The summed E-state index contributed by atoms with van der Waals surface area (Å²) in [5.41, 5.74) is 0.964. The molecule has 2 aliphatic heterocycles. The Balaban J connectivity index is 1.54. The normalized spacial score (nSPS) is 19.5. The molecule has 0 radical (unpaired) electrons. The first-order valence-corrected chi connectivity index (χ1v) is 8.30. The standard InChI is InChI=1S/C17H23N3O4/c1-18-17(22)20-6-2-3-13(11-20)16(21)19-10-12-4-5-14-15(9-12)24-8-7-23-14/h4-5,9,13H,2-3,6-8,10-11H2,1H3,(H,18,22)(H,19,21). The van der Waals surface area contributed by atoms with Crippen molar-refractivity contribution in [3.8, 4) is 11.5 Å². The number of rotatable bonds is 3. The molecule has 1 atom stereocenters. The number of hydrogen-bond donors (Lipinski definition) is 2. The van der Waals surface area contributed by atoms with Crippen LogP contribution in [0.2, 0.25) is 0 Å². The number of fused-ring (bicyclic) bond motifs is 1. The summed E-state index contributed by atoms with van der Waals surface area (Å²) in [4.78, 5) is 25.8. The molecule has 1 fully saturated rings. The zero-order chi connectivity index (χ0) is 16.9. The van der Waals surface area contributed by atoms with Gasteiger partial charge in [0, 0.05) is 26.7 Å². The van der Waals surface area contributed by atoms with Crippen LogP contribution in [0.25, 0.3) is 0 Å². The van der Waals surface area contributed by atoms with E-state index in [1.807, 2.05) is 18.2 Å². The van der Waals surface area contributed by atoms with Gasteiger partial charge in [-0.2, -0.15) is 0 Å². The van der Waals surface area contributed by atoms with Gasteiger partial charge in [-0.15, -0.1) is 0 Å². The fraction of sp³-hybridized carbons (Fsp3) is 0.529. The highest BCUT2D eigenvalue weighted by atomic mass is 16.6. The summed E-state index contributed by atoms with van der Waals surface area (Å²) < 4.78 is 11.0. The maximum absolute atomic E-state index is 12.4. The second-order valence-electron chi connectivity index (χ2n) is 6.04. The monoisotopic (exact) mass is 333 g/mol. The molecule has 1 aromatic carbocycles. The van der Waals surface area contributed by atoms with Gasteiger partial charge in [0.2, 0.25) is 5.91 Å². The predicted molar refractivity (Wildman–Crippen MR) is 88.0 cm³/mol. The molecule has 24 heavy (non-hydrogen) atoms. The van der Waals surface area contributed by atoms with Crippen molar-refractivity contribution in [1.29, 1.82) is 0 Å². The van der Waals surface area contributed by atoms with Crippen molar-refractivity contribution in [3.63, 3.8) is 0 Å². The van der Waals surface area contributed by atoms with Gasteiger partial charge in [0.15, 0.2) is 11.5 Å². The largest absolute Gasteiger partial charge is 0.486 e. The van der Waals surface area contributed by atoms with E-state index in [0.29, 0.717) is 32.8 Å². The molecule has 130 valence electrons. The summed E-state index contributed by atoms with van der Waals surface area (Å²) in [6.07, 6.45) is 1.65. The van der Waals surface area contributed by atoms with Crippen molar-refractivity contribution in [2.24, 2.45) is 5.92 Å². The van der Waals surface area contributed by atoms with Crippen LogP contribution in [-0.2, 0) is 11.3 Å². The lowest BCUT2D eigenvalue weighted by atomic mass is 9.97. The maximum atomic E-state index is 12.4. The SMILES string of the molecule is CNC(=O)N1CCCC(C(=O)NCc2ccc3c(c2)OCCO3)C1. The average Bonchev–Trinajstić information content (AvgIpc) is 2.65. The van der Waals surface area contributed by atoms with Crippen LogP contribution >= 0.6 is 0 Å². The minimum absolute atomic E-state index is 0.0153. The van der Waals surface area contributed by atoms with Crippen LogP contribution < -0.4 is 20.1 Å². The second kappa shape index (κ2) is 7.42. The van der Waals surface area contributed by atoms with Crippen LogP contribution in [0.4, 0.5) is 4.79 Å². The lowest BCUT2D eigenvalue weighted by Crippen LogP contribution is -2.48. The lowest BCUT2D eigenvalue weighted by Gasteiger charge is -2.31. The molecule has 7 nitrogen and oxygen atoms in total. The Hall–Kier alpha value is -2.44. The number of ether oxygens (including phenoxy) is 2. The molecule has 0 saturated carbocycles. The summed E-state index contributed by atoms with van der Waals surface area (Å²) in [5.74, 6) is 1.29. The van der Waals surface area contributed by atoms with Crippen LogP contribution in [0.1, 0.15) is 18.4 Å². The fourth-order valence-electron chi connectivity index (χ4n) is 3.06. The Morgan fingerprint density at radius 1 is 1.25 bits per heavy atom. The van der Waals surface area contributed by atoms with Crippen molar-refractivity contribution in [1.82, 2.24) is 15.5 Å².